The van der Waals surface area contributed by atoms with E-state index in [4.69, 9.17) is 4.74 Å². The molecule has 1 aliphatic heterocycles. The summed E-state index contributed by atoms with van der Waals surface area (Å²) in [6, 6.07) is 8.81. The van der Waals surface area contributed by atoms with E-state index in [1.165, 1.54) is 30.4 Å². The predicted octanol–water partition coefficient (Wildman–Crippen LogP) is 2.41. The highest BCUT2D eigenvalue weighted by atomic mass is 16.5. The zero-order valence-electron chi connectivity index (χ0n) is 12.2. The molecule has 1 heterocycles. The first-order valence-electron chi connectivity index (χ1n) is 7.30. The fourth-order valence-electron chi connectivity index (χ4n) is 2.72. The van der Waals surface area contributed by atoms with Gasteiger partial charge in [0.2, 0.25) is 0 Å². The van der Waals surface area contributed by atoms with E-state index in [-0.39, 0.29) is 0 Å². The number of hydrogen-bond acceptors (Lipinski definition) is 3. The fourth-order valence-corrected chi connectivity index (χ4v) is 2.72. The molecule has 3 nitrogen and oxygen atoms in total. The van der Waals surface area contributed by atoms with Crippen molar-refractivity contribution in [1.82, 2.24) is 10.2 Å². The van der Waals surface area contributed by atoms with Crippen LogP contribution in [0.25, 0.3) is 0 Å². The first kappa shape index (κ1) is 14.5. The number of nitrogens with one attached hydrogen (secondary N) is 1. The molecule has 1 unspecified atom stereocenters. The van der Waals surface area contributed by atoms with Crippen LogP contribution in [-0.2, 0) is 17.8 Å². The highest BCUT2D eigenvalue weighted by Crippen LogP contribution is 2.15. The summed E-state index contributed by atoms with van der Waals surface area (Å²) in [5.41, 5.74) is 2.73. The normalized spacial score (nSPS) is 19.8. The van der Waals surface area contributed by atoms with Gasteiger partial charge in [-0.1, -0.05) is 24.3 Å². The number of nitrogens with zero attached hydrogens (tertiary/aromatic N) is 1. The van der Waals surface area contributed by atoms with Gasteiger partial charge in [-0.15, -0.1) is 0 Å². The second kappa shape index (κ2) is 7.63. The summed E-state index contributed by atoms with van der Waals surface area (Å²) >= 11 is 0. The number of benzene rings is 1. The van der Waals surface area contributed by atoms with Crippen LogP contribution >= 0.6 is 0 Å². The van der Waals surface area contributed by atoms with Gasteiger partial charge in [-0.2, -0.15) is 0 Å². The molecule has 1 saturated heterocycles. The summed E-state index contributed by atoms with van der Waals surface area (Å²) in [5.74, 6) is 0. The lowest BCUT2D eigenvalue weighted by Crippen LogP contribution is -2.33. The van der Waals surface area contributed by atoms with Crippen molar-refractivity contribution in [1.29, 1.82) is 0 Å². The highest BCUT2D eigenvalue weighted by Gasteiger charge is 2.15. The van der Waals surface area contributed by atoms with Crippen molar-refractivity contribution in [2.75, 3.05) is 27.2 Å². The Labute approximate surface area is 116 Å². The van der Waals surface area contributed by atoms with Crippen molar-refractivity contribution < 1.29 is 4.74 Å². The number of likely N-dealkylation sites (N-methyl/N-ethyl adjacent to an activating group) is 1. The van der Waals surface area contributed by atoms with E-state index in [2.05, 4.69) is 41.5 Å². The van der Waals surface area contributed by atoms with Crippen molar-refractivity contribution in [3.05, 3.63) is 35.4 Å². The Balaban J connectivity index is 1.83. The molecule has 0 aromatic heterocycles. The van der Waals surface area contributed by atoms with Gasteiger partial charge in [0.1, 0.15) is 0 Å². The van der Waals surface area contributed by atoms with E-state index in [1.54, 1.807) is 0 Å². The summed E-state index contributed by atoms with van der Waals surface area (Å²) in [7, 11) is 4.17. The highest BCUT2D eigenvalue weighted by molar-refractivity contribution is 5.23. The van der Waals surface area contributed by atoms with Gasteiger partial charge in [0.15, 0.2) is 0 Å². The SMILES string of the molecule is CNCc1cccc(CN(C)CC2CCCCO2)c1. The minimum absolute atomic E-state index is 0.430. The van der Waals surface area contributed by atoms with E-state index < -0.39 is 0 Å². The van der Waals surface area contributed by atoms with Gasteiger partial charge in [-0.05, 0) is 44.5 Å². The molecule has 0 radical (unpaired) electrons. The van der Waals surface area contributed by atoms with Crippen LogP contribution in [0.3, 0.4) is 0 Å². The quantitative estimate of drug-likeness (QED) is 0.852. The molecule has 0 bridgehead atoms. The maximum Gasteiger partial charge on any atom is 0.0702 e. The third-order valence-corrected chi connectivity index (χ3v) is 3.61. The molecule has 19 heavy (non-hydrogen) atoms. The number of hydrogen-bond donors (Lipinski definition) is 1. The minimum Gasteiger partial charge on any atom is -0.377 e. The largest absolute Gasteiger partial charge is 0.377 e. The molecule has 1 N–H and O–H groups in total. The molecular formula is C16H26N2O. The summed E-state index contributed by atoms with van der Waals surface area (Å²) in [6.07, 6.45) is 4.19. The van der Waals surface area contributed by atoms with Crippen LogP contribution in [0.5, 0.6) is 0 Å². The second-order valence-corrected chi connectivity index (χ2v) is 5.54. The lowest BCUT2D eigenvalue weighted by Gasteiger charge is -2.27. The molecular weight excluding hydrogens is 236 g/mol. The fraction of sp³-hybridized carbons (Fsp3) is 0.625. The number of rotatable bonds is 6. The molecule has 106 valence electrons. The Morgan fingerprint density at radius 1 is 1.32 bits per heavy atom. The van der Waals surface area contributed by atoms with E-state index in [9.17, 15) is 0 Å². The molecule has 0 amide bonds. The van der Waals surface area contributed by atoms with E-state index in [1.807, 2.05) is 7.05 Å². The average molecular weight is 262 g/mol. The molecule has 1 aromatic rings. The van der Waals surface area contributed by atoms with E-state index in [0.29, 0.717) is 6.10 Å². The van der Waals surface area contributed by atoms with Gasteiger partial charge in [0, 0.05) is 26.2 Å². The zero-order valence-corrected chi connectivity index (χ0v) is 12.2. The van der Waals surface area contributed by atoms with Crippen LogP contribution in [0.2, 0.25) is 0 Å². The van der Waals surface area contributed by atoms with E-state index >= 15 is 0 Å². The Kier molecular flexibility index (Phi) is 5.83. The summed E-state index contributed by atoms with van der Waals surface area (Å²) in [5, 5.41) is 3.20. The summed E-state index contributed by atoms with van der Waals surface area (Å²) in [4.78, 5) is 2.37. The lowest BCUT2D eigenvalue weighted by atomic mass is 10.1. The average Bonchev–Trinajstić information content (AvgIpc) is 2.40. The molecule has 1 atom stereocenters. The van der Waals surface area contributed by atoms with Crippen LogP contribution in [0, 0.1) is 0 Å². The zero-order chi connectivity index (χ0) is 13.5. The Hall–Kier alpha value is -0.900. The Bertz CT molecular complexity index is 375. The first-order chi connectivity index (χ1) is 9.28. The third-order valence-electron chi connectivity index (χ3n) is 3.61. The maximum atomic E-state index is 5.80. The monoisotopic (exact) mass is 262 g/mol. The summed E-state index contributed by atoms with van der Waals surface area (Å²) in [6.45, 7) is 3.91. The molecule has 1 aliphatic rings. The molecule has 1 aromatic carbocycles. The van der Waals surface area contributed by atoms with Crippen LogP contribution in [-0.4, -0.2) is 38.3 Å². The molecule has 0 saturated carbocycles. The molecule has 0 spiro atoms. The lowest BCUT2D eigenvalue weighted by molar-refractivity contribution is -0.00259. The van der Waals surface area contributed by atoms with Crippen molar-refractivity contribution >= 4 is 0 Å². The Morgan fingerprint density at radius 2 is 2.16 bits per heavy atom. The van der Waals surface area contributed by atoms with Crippen LogP contribution in [0.1, 0.15) is 30.4 Å². The van der Waals surface area contributed by atoms with E-state index in [0.717, 1.165) is 26.2 Å². The molecule has 0 aliphatic carbocycles. The van der Waals surface area contributed by atoms with Crippen LogP contribution < -0.4 is 5.32 Å². The van der Waals surface area contributed by atoms with Crippen LogP contribution in [0.15, 0.2) is 24.3 Å². The first-order valence-corrected chi connectivity index (χ1v) is 7.30. The van der Waals surface area contributed by atoms with Gasteiger partial charge < -0.3 is 10.1 Å². The second-order valence-electron chi connectivity index (χ2n) is 5.54. The van der Waals surface area contributed by atoms with Crippen molar-refractivity contribution in [2.45, 2.75) is 38.5 Å². The van der Waals surface area contributed by atoms with Gasteiger partial charge in [-0.25, -0.2) is 0 Å². The third kappa shape index (κ3) is 4.94. The minimum atomic E-state index is 0.430. The van der Waals surface area contributed by atoms with Crippen molar-refractivity contribution in [3.63, 3.8) is 0 Å². The topological polar surface area (TPSA) is 24.5 Å². The molecule has 1 fully saturated rings. The Morgan fingerprint density at radius 3 is 2.89 bits per heavy atom. The molecule has 3 heteroatoms. The summed E-state index contributed by atoms with van der Waals surface area (Å²) < 4.78 is 5.80. The van der Waals surface area contributed by atoms with Crippen molar-refractivity contribution in [2.24, 2.45) is 0 Å². The van der Waals surface area contributed by atoms with Crippen LogP contribution in [0.4, 0.5) is 0 Å². The standard InChI is InChI=1S/C16H26N2O/c1-17-11-14-6-5-7-15(10-14)12-18(2)13-16-8-3-4-9-19-16/h5-7,10,16-17H,3-4,8-9,11-13H2,1-2H3. The number of ether oxygens (including phenoxy) is 1. The molecule has 2 rings (SSSR count). The van der Waals surface area contributed by atoms with Gasteiger partial charge in [0.25, 0.3) is 0 Å². The van der Waals surface area contributed by atoms with Gasteiger partial charge in [-0.3, -0.25) is 4.90 Å². The maximum absolute atomic E-state index is 5.80. The van der Waals surface area contributed by atoms with Gasteiger partial charge in [0.05, 0.1) is 6.10 Å². The van der Waals surface area contributed by atoms with Gasteiger partial charge >= 0.3 is 0 Å². The smallest absolute Gasteiger partial charge is 0.0702 e. The van der Waals surface area contributed by atoms with Crippen molar-refractivity contribution in [3.8, 4) is 0 Å². The predicted molar refractivity (Wildman–Crippen MR) is 79.1 cm³/mol.